The van der Waals surface area contributed by atoms with E-state index in [4.69, 9.17) is 14.0 Å². The second-order valence-electron chi connectivity index (χ2n) is 9.15. The molecule has 0 atom stereocenters. The maximum absolute atomic E-state index is 13.0. The number of aryl methyl sites for hydroxylation is 2. The van der Waals surface area contributed by atoms with Gasteiger partial charge in [-0.1, -0.05) is 41.6 Å². The maximum atomic E-state index is 13.0. The lowest BCUT2D eigenvalue weighted by molar-refractivity contribution is 0.132. The van der Waals surface area contributed by atoms with Crippen LogP contribution in [0.15, 0.2) is 74.8 Å². The van der Waals surface area contributed by atoms with Crippen LogP contribution in [0.4, 0.5) is 0 Å². The van der Waals surface area contributed by atoms with Gasteiger partial charge in [-0.3, -0.25) is 4.98 Å². The topological polar surface area (TPSA) is 104 Å². The quantitative estimate of drug-likeness (QED) is 0.156. The highest BCUT2D eigenvalue weighted by molar-refractivity contribution is 7.91. The summed E-state index contributed by atoms with van der Waals surface area (Å²) in [5.41, 5.74) is 6.02. The molecule has 39 heavy (non-hydrogen) atoms. The van der Waals surface area contributed by atoms with Gasteiger partial charge >= 0.3 is 0 Å². The molecule has 8 nitrogen and oxygen atoms in total. The fourth-order valence-corrected chi connectivity index (χ4v) is 6.51. The third-order valence-corrected chi connectivity index (χ3v) is 9.29. The summed E-state index contributed by atoms with van der Waals surface area (Å²) in [6.45, 7) is 6.31. The SMILES string of the molecule is Cc1cc(OCc2ccc(-c3ccsc3S(=O)(=O)NCOCCc3noc(C)c3C)cc2)c2ccccc2n1. The number of hydrogen-bond acceptors (Lipinski definition) is 8. The highest BCUT2D eigenvalue weighted by atomic mass is 32.2. The Kier molecular flexibility index (Phi) is 8.08. The second-order valence-corrected chi connectivity index (χ2v) is 12.0. The van der Waals surface area contributed by atoms with E-state index in [1.54, 1.807) is 5.38 Å². The van der Waals surface area contributed by atoms with E-state index in [9.17, 15) is 8.42 Å². The third-order valence-electron chi connectivity index (χ3n) is 6.43. The van der Waals surface area contributed by atoms with Crippen molar-refractivity contribution in [3.05, 3.63) is 94.3 Å². The molecule has 0 fully saturated rings. The van der Waals surface area contributed by atoms with Gasteiger partial charge in [0.15, 0.2) is 0 Å². The van der Waals surface area contributed by atoms with Crippen LogP contribution in [0.25, 0.3) is 22.0 Å². The highest BCUT2D eigenvalue weighted by Gasteiger charge is 2.21. The molecule has 0 radical (unpaired) electrons. The van der Waals surface area contributed by atoms with Gasteiger partial charge in [0, 0.05) is 34.7 Å². The molecule has 0 aliphatic rings. The van der Waals surface area contributed by atoms with E-state index in [0.29, 0.717) is 25.2 Å². The number of rotatable bonds is 11. The Labute approximate surface area is 231 Å². The summed E-state index contributed by atoms with van der Waals surface area (Å²) in [7, 11) is -3.75. The number of thiophene rings is 1. The van der Waals surface area contributed by atoms with Crippen LogP contribution in [0.3, 0.4) is 0 Å². The zero-order valence-corrected chi connectivity index (χ0v) is 23.6. The Bertz CT molecular complexity index is 1690. The Morgan fingerprint density at radius 1 is 1.03 bits per heavy atom. The monoisotopic (exact) mass is 563 g/mol. The Hall–Kier alpha value is -3.57. The smallest absolute Gasteiger partial charge is 0.252 e. The van der Waals surface area contributed by atoms with Crippen LogP contribution in [0.5, 0.6) is 5.75 Å². The number of para-hydroxylation sites is 1. The van der Waals surface area contributed by atoms with E-state index in [-0.39, 0.29) is 10.9 Å². The van der Waals surface area contributed by atoms with Crippen LogP contribution in [0.2, 0.25) is 0 Å². The van der Waals surface area contributed by atoms with E-state index in [2.05, 4.69) is 14.9 Å². The second kappa shape index (κ2) is 11.7. The summed E-state index contributed by atoms with van der Waals surface area (Å²) in [4.78, 5) is 4.56. The van der Waals surface area contributed by atoms with Gasteiger partial charge in [-0.05, 0) is 55.5 Å². The van der Waals surface area contributed by atoms with E-state index in [1.165, 1.54) is 11.3 Å². The summed E-state index contributed by atoms with van der Waals surface area (Å²) in [6.07, 6.45) is 0.544. The predicted octanol–water partition coefficient (Wildman–Crippen LogP) is 5.95. The molecule has 5 rings (SSSR count). The van der Waals surface area contributed by atoms with Crippen LogP contribution in [0, 0.1) is 20.8 Å². The first kappa shape index (κ1) is 27.0. The minimum atomic E-state index is -3.75. The number of hydrogen-bond donors (Lipinski definition) is 1. The number of benzene rings is 2. The molecule has 1 N–H and O–H groups in total. The van der Waals surface area contributed by atoms with Gasteiger partial charge in [-0.15, -0.1) is 11.3 Å². The molecular weight excluding hydrogens is 534 g/mol. The van der Waals surface area contributed by atoms with Crippen molar-refractivity contribution >= 4 is 32.3 Å². The van der Waals surface area contributed by atoms with Gasteiger partial charge in [-0.25, -0.2) is 8.42 Å². The van der Waals surface area contributed by atoms with Crippen molar-refractivity contribution < 1.29 is 22.4 Å². The molecule has 0 saturated carbocycles. The normalized spacial score (nSPS) is 11.8. The zero-order valence-electron chi connectivity index (χ0n) is 21.9. The fraction of sp³-hybridized carbons (Fsp3) is 0.241. The zero-order chi connectivity index (χ0) is 27.4. The summed E-state index contributed by atoms with van der Waals surface area (Å²) in [6, 6.07) is 19.4. The fourth-order valence-electron chi connectivity index (χ4n) is 4.17. The van der Waals surface area contributed by atoms with Crippen molar-refractivity contribution in [3.63, 3.8) is 0 Å². The van der Waals surface area contributed by atoms with Gasteiger partial charge in [0.05, 0.1) is 17.8 Å². The van der Waals surface area contributed by atoms with E-state index in [0.717, 1.165) is 50.5 Å². The van der Waals surface area contributed by atoms with Crippen LogP contribution in [0.1, 0.15) is 28.3 Å². The standard InChI is InChI=1S/C29H29N3O5S2/c1-19-16-28(25-6-4-5-7-27(25)31-19)36-17-22-8-10-23(11-9-22)24-13-15-38-29(24)39(33,34)30-18-35-14-12-26-20(2)21(3)37-32-26/h4-11,13,15-16,30H,12,14,17-18H2,1-3H3. The number of nitrogens with zero attached hydrogens (tertiary/aromatic N) is 2. The van der Waals surface area contributed by atoms with Gasteiger partial charge in [-0.2, -0.15) is 4.72 Å². The number of ether oxygens (including phenoxy) is 2. The minimum absolute atomic E-state index is 0.130. The third kappa shape index (κ3) is 6.20. The predicted molar refractivity (Wildman–Crippen MR) is 151 cm³/mol. The highest BCUT2D eigenvalue weighted by Crippen LogP contribution is 2.32. The van der Waals surface area contributed by atoms with Crippen molar-refractivity contribution in [2.75, 3.05) is 13.3 Å². The molecule has 5 aromatic rings. The van der Waals surface area contributed by atoms with Crippen LogP contribution >= 0.6 is 11.3 Å². The van der Waals surface area contributed by atoms with Gasteiger partial charge in [0.25, 0.3) is 10.0 Å². The minimum Gasteiger partial charge on any atom is -0.488 e. The molecule has 0 unspecified atom stereocenters. The van der Waals surface area contributed by atoms with Crippen LogP contribution < -0.4 is 9.46 Å². The lowest BCUT2D eigenvalue weighted by Crippen LogP contribution is -2.26. The number of nitrogens with one attached hydrogen (secondary N) is 1. The van der Waals surface area contributed by atoms with Gasteiger partial charge in [0.1, 0.15) is 29.1 Å². The lowest BCUT2D eigenvalue weighted by Gasteiger charge is -2.11. The van der Waals surface area contributed by atoms with E-state index in [1.807, 2.05) is 81.4 Å². The summed E-state index contributed by atoms with van der Waals surface area (Å²) in [5, 5.41) is 6.73. The van der Waals surface area contributed by atoms with Gasteiger partial charge in [0.2, 0.25) is 0 Å². The van der Waals surface area contributed by atoms with Gasteiger partial charge < -0.3 is 14.0 Å². The molecule has 0 saturated heterocycles. The molecule has 10 heteroatoms. The number of sulfonamides is 1. The van der Waals surface area contributed by atoms with E-state index < -0.39 is 10.0 Å². The molecule has 0 aliphatic heterocycles. The number of pyridine rings is 1. The first-order chi connectivity index (χ1) is 18.8. The number of fused-ring (bicyclic) bond motifs is 1. The van der Waals surface area contributed by atoms with Crippen molar-refractivity contribution in [2.45, 2.75) is 38.0 Å². The molecule has 0 amide bonds. The molecule has 2 aromatic carbocycles. The van der Waals surface area contributed by atoms with Crippen molar-refractivity contribution in [1.82, 2.24) is 14.9 Å². The molecule has 3 aromatic heterocycles. The average Bonchev–Trinajstić information content (AvgIpc) is 3.55. The van der Waals surface area contributed by atoms with E-state index >= 15 is 0 Å². The Morgan fingerprint density at radius 3 is 2.59 bits per heavy atom. The van der Waals surface area contributed by atoms with Crippen molar-refractivity contribution in [2.24, 2.45) is 0 Å². The average molecular weight is 564 g/mol. The first-order valence-corrected chi connectivity index (χ1v) is 14.8. The lowest BCUT2D eigenvalue weighted by atomic mass is 10.1. The van der Waals surface area contributed by atoms with Crippen LogP contribution in [-0.4, -0.2) is 31.9 Å². The molecule has 0 bridgehead atoms. The summed E-state index contributed by atoms with van der Waals surface area (Å²) >= 11 is 1.17. The maximum Gasteiger partial charge on any atom is 0.252 e. The van der Waals surface area contributed by atoms with Crippen molar-refractivity contribution in [1.29, 1.82) is 0 Å². The largest absolute Gasteiger partial charge is 0.488 e. The molecule has 202 valence electrons. The first-order valence-electron chi connectivity index (χ1n) is 12.5. The summed E-state index contributed by atoms with van der Waals surface area (Å²) < 4.78 is 45.6. The molecule has 0 aliphatic carbocycles. The molecule has 0 spiro atoms. The van der Waals surface area contributed by atoms with Crippen LogP contribution in [-0.2, 0) is 27.8 Å². The molecular formula is C29H29N3O5S2. The Morgan fingerprint density at radius 2 is 1.82 bits per heavy atom. The Balaban J connectivity index is 1.20. The summed E-state index contributed by atoms with van der Waals surface area (Å²) in [5.74, 6) is 1.56. The van der Waals surface area contributed by atoms with Crippen molar-refractivity contribution in [3.8, 4) is 16.9 Å². The molecule has 3 heterocycles. The number of aromatic nitrogens is 2.